The van der Waals surface area contributed by atoms with Gasteiger partial charge in [0.25, 0.3) is 0 Å². The lowest BCUT2D eigenvalue weighted by molar-refractivity contribution is -0.300. The third kappa shape index (κ3) is 8.81. The highest BCUT2D eigenvalue weighted by Gasteiger charge is 2.60. The summed E-state index contributed by atoms with van der Waals surface area (Å²) in [6, 6.07) is 0. The van der Waals surface area contributed by atoms with Crippen LogP contribution < -0.4 is 0 Å². The average molecular weight is 787 g/mol. The number of methoxy groups -OCH3 is 1. The number of carbonyl (C=O) groups excluding carboxylic acids is 1. The van der Waals surface area contributed by atoms with Gasteiger partial charge in [0.15, 0.2) is 12.1 Å². The van der Waals surface area contributed by atoms with Gasteiger partial charge >= 0.3 is 11.9 Å². The molecule has 3 saturated heterocycles. The van der Waals surface area contributed by atoms with Crippen LogP contribution in [-0.4, -0.2) is 120 Å². The van der Waals surface area contributed by atoms with Gasteiger partial charge in [0.05, 0.1) is 37.1 Å². The van der Waals surface area contributed by atoms with E-state index in [1.165, 1.54) is 0 Å². The van der Waals surface area contributed by atoms with Crippen molar-refractivity contribution in [3.63, 3.8) is 0 Å². The molecule has 1 spiro atoms. The smallest absolute Gasteiger partial charge is 0.329 e. The number of fused-ring (bicyclic) bond motifs is 2. The molecule has 16 atom stereocenters. The van der Waals surface area contributed by atoms with E-state index in [1.54, 1.807) is 26.2 Å². The molecule has 56 heavy (non-hydrogen) atoms. The normalized spacial score (nSPS) is 46.1. The molecule has 3 fully saturated rings. The van der Waals surface area contributed by atoms with E-state index >= 15 is 0 Å². The largest absolute Gasteiger partial charge is 0.480 e. The van der Waals surface area contributed by atoms with Crippen LogP contribution in [0.25, 0.3) is 0 Å². The maximum atomic E-state index is 14.3. The van der Waals surface area contributed by atoms with Crippen molar-refractivity contribution in [1.82, 2.24) is 0 Å². The predicted molar refractivity (Wildman–Crippen MR) is 204 cm³/mol. The monoisotopic (exact) mass is 786 g/mol. The standard InChI is InChI=1S/C43H62O13/c1-9-23(2)38-26(5)15-16-42(56-38)20-31-18-30(55-42)14-13-25(4)37(54-35-19-33(49-8)39(28(7)52-35)50-22-34(44)45)24(3)11-10-12-29-21-51-40-36(46)27(6)17-32(41(47)53-31)43(29,40)48/h10-13,15-17,23-24,26,28,30-33,35-40,46,48H,9,14,18-22H2,1-8H3,(H,44,45)/b11-10+,25-13+,29-12+/t23?,24-,26-,28-,30+,31-,32?,33-,35-,36+,37-,38+,39-,40+,42+,43?/m0/s1. The topological polar surface area (TPSA) is 169 Å². The molecule has 0 aromatic carbocycles. The lowest BCUT2D eigenvalue weighted by Crippen LogP contribution is -2.58. The number of esters is 1. The molecule has 3 unspecified atom stereocenters. The van der Waals surface area contributed by atoms with Gasteiger partial charge in [-0.1, -0.05) is 70.6 Å². The van der Waals surface area contributed by atoms with Gasteiger partial charge in [-0.2, -0.15) is 0 Å². The fraction of sp³-hybridized carbons (Fsp3) is 0.721. The fourth-order valence-corrected chi connectivity index (χ4v) is 9.27. The summed E-state index contributed by atoms with van der Waals surface area (Å²) in [7, 11) is 1.56. The Balaban J connectivity index is 1.36. The molecule has 312 valence electrons. The maximum Gasteiger partial charge on any atom is 0.329 e. The van der Waals surface area contributed by atoms with Crippen molar-refractivity contribution in [3.8, 4) is 0 Å². The van der Waals surface area contributed by atoms with Crippen LogP contribution in [0.4, 0.5) is 0 Å². The summed E-state index contributed by atoms with van der Waals surface area (Å²) in [5.41, 5.74) is 0.0749. The molecule has 0 amide bonds. The summed E-state index contributed by atoms with van der Waals surface area (Å²) >= 11 is 0. The van der Waals surface area contributed by atoms with Crippen molar-refractivity contribution < 1.29 is 62.8 Å². The summed E-state index contributed by atoms with van der Waals surface area (Å²) in [4.78, 5) is 25.5. The minimum atomic E-state index is -1.84. The van der Waals surface area contributed by atoms with Gasteiger partial charge in [0.2, 0.25) is 0 Å². The quantitative estimate of drug-likeness (QED) is 0.224. The summed E-state index contributed by atoms with van der Waals surface area (Å²) < 4.78 is 50.4. The number of hydrogen-bond donors (Lipinski definition) is 3. The van der Waals surface area contributed by atoms with E-state index < -0.39 is 91.0 Å². The number of aliphatic carboxylic acids is 1. The first kappa shape index (κ1) is 42.9. The van der Waals surface area contributed by atoms with E-state index in [0.717, 1.165) is 12.0 Å². The number of aliphatic hydroxyl groups excluding tert-OH is 1. The van der Waals surface area contributed by atoms with Crippen molar-refractivity contribution in [3.05, 3.63) is 59.3 Å². The number of ether oxygens (including phenoxy) is 8. The Morgan fingerprint density at radius 1 is 1.07 bits per heavy atom. The SMILES string of the molecule is CCC(C)[C@H]1O[C@]2(C=C[C@@H]1C)C[C@@H]1C[C@@H](C/C=C(\C)[C@@H](O[C@H]3C[C@H](OC)[C@@H](OCC(=O)O)[C@H](C)O3)[C@@H](C)/C=C/C=C3\CO[C@@H]4[C@H](O)C(C)=CC(C(=O)O1)C34O)O2. The van der Waals surface area contributed by atoms with Crippen molar-refractivity contribution >= 4 is 11.9 Å². The molecule has 5 aliphatic heterocycles. The third-order valence-corrected chi connectivity index (χ3v) is 12.6. The summed E-state index contributed by atoms with van der Waals surface area (Å²) in [5, 5.41) is 32.8. The Bertz CT molecular complexity index is 1580. The highest BCUT2D eigenvalue weighted by Crippen LogP contribution is 2.47. The molecule has 5 heterocycles. The van der Waals surface area contributed by atoms with Crippen molar-refractivity contribution in [1.29, 1.82) is 0 Å². The number of aliphatic hydroxyl groups is 2. The summed E-state index contributed by atoms with van der Waals surface area (Å²) in [6.07, 6.45) is 9.80. The predicted octanol–water partition coefficient (Wildman–Crippen LogP) is 4.95. The molecule has 0 aromatic rings. The molecular weight excluding hydrogens is 724 g/mol. The van der Waals surface area contributed by atoms with Gasteiger partial charge in [0.1, 0.15) is 42.5 Å². The molecule has 6 aliphatic rings. The number of carboxylic acids is 1. The minimum absolute atomic E-state index is 0.0221. The van der Waals surface area contributed by atoms with E-state index in [-0.39, 0.29) is 36.9 Å². The Labute approximate surface area is 330 Å². The number of rotatable bonds is 8. The molecule has 0 saturated carbocycles. The second-order valence-corrected chi connectivity index (χ2v) is 16.8. The van der Waals surface area contributed by atoms with Crippen LogP contribution in [0.2, 0.25) is 0 Å². The lowest BCUT2D eigenvalue weighted by atomic mass is 9.71. The number of carbonyl (C=O) groups is 2. The molecule has 0 aromatic heterocycles. The van der Waals surface area contributed by atoms with E-state index in [9.17, 15) is 24.9 Å². The molecule has 0 radical (unpaired) electrons. The second kappa shape index (κ2) is 17.6. The maximum absolute atomic E-state index is 14.3. The lowest BCUT2D eigenvalue weighted by Gasteiger charge is -2.48. The number of allylic oxidation sites excluding steroid dienone is 2. The van der Waals surface area contributed by atoms with Crippen LogP contribution in [-0.2, 0) is 47.5 Å². The molecule has 13 nitrogen and oxygen atoms in total. The summed E-state index contributed by atoms with van der Waals surface area (Å²) in [6.45, 7) is 13.6. The van der Waals surface area contributed by atoms with Crippen LogP contribution in [0.1, 0.15) is 80.6 Å². The van der Waals surface area contributed by atoms with Crippen LogP contribution >= 0.6 is 0 Å². The van der Waals surface area contributed by atoms with E-state index in [4.69, 9.17) is 37.9 Å². The van der Waals surface area contributed by atoms with Gasteiger partial charge < -0.3 is 53.2 Å². The van der Waals surface area contributed by atoms with Gasteiger partial charge in [-0.3, -0.25) is 4.79 Å². The van der Waals surface area contributed by atoms with Gasteiger partial charge in [-0.05, 0) is 55.9 Å². The first-order chi connectivity index (χ1) is 26.6. The molecule has 2 bridgehead atoms. The fourth-order valence-electron chi connectivity index (χ4n) is 9.27. The third-order valence-electron chi connectivity index (χ3n) is 12.6. The van der Waals surface area contributed by atoms with Crippen LogP contribution in [0.5, 0.6) is 0 Å². The molecule has 1 aliphatic carbocycles. The van der Waals surface area contributed by atoms with Crippen LogP contribution in [0.3, 0.4) is 0 Å². The van der Waals surface area contributed by atoms with Gasteiger partial charge in [-0.15, -0.1) is 0 Å². The Morgan fingerprint density at radius 3 is 2.55 bits per heavy atom. The zero-order valence-electron chi connectivity index (χ0n) is 34.0. The van der Waals surface area contributed by atoms with Gasteiger partial charge in [-0.25, -0.2) is 4.79 Å². The van der Waals surface area contributed by atoms with Crippen molar-refractivity contribution in [2.24, 2.45) is 23.7 Å². The minimum Gasteiger partial charge on any atom is -0.480 e. The molecule has 6 rings (SSSR count). The van der Waals surface area contributed by atoms with Crippen LogP contribution in [0, 0.1) is 23.7 Å². The first-order valence-electron chi connectivity index (χ1n) is 20.3. The van der Waals surface area contributed by atoms with Crippen molar-refractivity contribution in [2.45, 2.75) is 153 Å². The van der Waals surface area contributed by atoms with Crippen molar-refractivity contribution in [2.75, 3.05) is 20.3 Å². The zero-order chi connectivity index (χ0) is 40.5. The molecule has 13 heteroatoms. The van der Waals surface area contributed by atoms with Crippen LogP contribution in [0.15, 0.2) is 59.3 Å². The Hall–Kier alpha value is -2.72. The van der Waals surface area contributed by atoms with Gasteiger partial charge in [0, 0.05) is 38.2 Å². The van der Waals surface area contributed by atoms with E-state index in [1.807, 2.05) is 39.0 Å². The molecular formula is C43H62O13. The summed E-state index contributed by atoms with van der Waals surface area (Å²) in [5.74, 6) is -3.68. The second-order valence-electron chi connectivity index (χ2n) is 16.8. The first-order valence-corrected chi connectivity index (χ1v) is 20.3. The Morgan fingerprint density at radius 2 is 1.84 bits per heavy atom. The highest BCUT2D eigenvalue weighted by molar-refractivity contribution is 5.78. The number of hydrogen-bond acceptors (Lipinski definition) is 12. The highest BCUT2D eigenvalue weighted by atomic mass is 16.7. The van der Waals surface area contributed by atoms with E-state index in [0.29, 0.717) is 30.4 Å². The zero-order valence-corrected chi connectivity index (χ0v) is 34.0. The average Bonchev–Trinajstić information content (AvgIpc) is 3.50. The Kier molecular flexibility index (Phi) is 13.5. The van der Waals surface area contributed by atoms with E-state index in [2.05, 4.69) is 32.9 Å². The number of carboxylic acid groups (broad SMARTS) is 1. The molecule has 3 N–H and O–H groups in total.